The summed E-state index contributed by atoms with van der Waals surface area (Å²) in [5.74, 6) is -0.0590. The molecular formula is C12H7FN2O2. The lowest BCUT2D eigenvalue weighted by atomic mass is 10.2. The number of anilines is 1. The Labute approximate surface area is 94.8 Å². The summed E-state index contributed by atoms with van der Waals surface area (Å²) < 4.78 is 18.5. The standard InChI is InChI=1S/C12H7FN2O2/c13-6-1-2-11-8(3-6)15-9-4-7(14)10(16)5-12(9)17-11/h1-5H,14H2. The van der Waals surface area contributed by atoms with Crippen LogP contribution in [0.1, 0.15) is 0 Å². The molecule has 84 valence electrons. The van der Waals surface area contributed by atoms with Gasteiger partial charge in [-0.2, -0.15) is 0 Å². The second kappa shape index (κ2) is 3.28. The maximum atomic E-state index is 13.0. The molecule has 0 radical (unpaired) electrons. The number of hydrogen-bond acceptors (Lipinski definition) is 4. The van der Waals surface area contributed by atoms with E-state index in [2.05, 4.69) is 4.98 Å². The first-order valence-corrected chi connectivity index (χ1v) is 4.93. The van der Waals surface area contributed by atoms with Crippen molar-refractivity contribution in [1.29, 1.82) is 0 Å². The van der Waals surface area contributed by atoms with E-state index < -0.39 is 5.82 Å². The minimum Gasteiger partial charge on any atom is -0.453 e. The molecule has 0 fully saturated rings. The van der Waals surface area contributed by atoms with Gasteiger partial charge in [0.25, 0.3) is 0 Å². The van der Waals surface area contributed by atoms with E-state index in [1.807, 2.05) is 0 Å². The number of hydrogen-bond donors (Lipinski definition) is 1. The molecule has 0 amide bonds. The van der Waals surface area contributed by atoms with Gasteiger partial charge in [0, 0.05) is 12.1 Å². The molecule has 0 bridgehead atoms. The highest BCUT2D eigenvalue weighted by molar-refractivity contribution is 5.77. The number of rotatable bonds is 0. The first-order valence-electron chi connectivity index (χ1n) is 4.93. The SMILES string of the molecule is Nc1cc2nc3cc(F)ccc3oc-2cc1=O. The van der Waals surface area contributed by atoms with E-state index in [1.165, 1.54) is 30.3 Å². The van der Waals surface area contributed by atoms with Gasteiger partial charge in [-0.05, 0) is 18.2 Å². The molecule has 3 rings (SSSR count). The Hall–Kier alpha value is -2.43. The first-order chi connectivity index (χ1) is 8.13. The van der Waals surface area contributed by atoms with Gasteiger partial charge in [-0.25, -0.2) is 9.37 Å². The van der Waals surface area contributed by atoms with Gasteiger partial charge in [-0.1, -0.05) is 0 Å². The number of fused-ring (bicyclic) bond motifs is 2. The number of halogens is 1. The van der Waals surface area contributed by atoms with Crippen LogP contribution in [0.2, 0.25) is 0 Å². The van der Waals surface area contributed by atoms with Gasteiger partial charge in [0.2, 0.25) is 5.43 Å². The van der Waals surface area contributed by atoms with Crippen molar-refractivity contribution in [2.24, 2.45) is 0 Å². The Balaban J connectivity index is 2.45. The van der Waals surface area contributed by atoms with E-state index in [4.69, 9.17) is 10.2 Å². The second-order valence-electron chi connectivity index (χ2n) is 3.68. The average molecular weight is 230 g/mol. The van der Waals surface area contributed by atoms with Crippen LogP contribution in [-0.2, 0) is 0 Å². The van der Waals surface area contributed by atoms with Gasteiger partial charge in [0.15, 0.2) is 11.3 Å². The minimum atomic E-state index is -0.395. The molecule has 1 aliphatic carbocycles. The van der Waals surface area contributed by atoms with E-state index in [0.717, 1.165) is 0 Å². The summed E-state index contributed by atoms with van der Waals surface area (Å²) in [7, 11) is 0. The molecule has 1 heterocycles. The maximum Gasteiger partial charge on any atom is 0.205 e. The van der Waals surface area contributed by atoms with E-state index in [0.29, 0.717) is 22.6 Å². The summed E-state index contributed by atoms with van der Waals surface area (Å²) in [5.41, 5.74) is 6.50. The number of nitrogens with two attached hydrogens (primary N) is 1. The quantitative estimate of drug-likeness (QED) is 0.473. The molecule has 0 saturated heterocycles. The molecule has 1 aromatic rings. The van der Waals surface area contributed by atoms with Crippen LogP contribution in [0.5, 0.6) is 0 Å². The normalized spacial score (nSPS) is 11.1. The number of aromatic nitrogens is 1. The summed E-state index contributed by atoms with van der Waals surface area (Å²) in [5, 5.41) is 0. The lowest BCUT2D eigenvalue weighted by Gasteiger charge is -2.06. The fraction of sp³-hybridized carbons (Fsp3) is 0. The highest BCUT2D eigenvalue weighted by Crippen LogP contribution is 2.25. The van der Waals surface area contributed by atoms with Crippen molar-refractivity contribution in [3.8, 4) is 11.5 Å². The van der Waals surface area contributed by atoms with Crippen LogP contribution in [0.3, 0.4) is 0 Å². The molecule has 0 atom stereocenters. The first kappa shape index (κ1) is 9.77. The smallest absolute Gasteiger partial charge is 0.205 e. The lowest BCUT2D eigenvalue weighted by Crippen LogP contribution is -2.08. The fourth-order valence-corrected chi connectivity index (χ4v) is 1.65. The van der Waals surface area contributed by atoms with Crippen molar-refractivity contribution in [3.63, 3.8) is 0 Å². The van der Waals surface area contributed by atoms with Crippen molar-refractivity contribution < 1.29 is 8.81 Å². The monoisotopic (exact) mass is 230 g/mol. The zero-order valence-corrected chi connectivity index (χ0v) is 8.61. The minimum absolute atomic E-state index is 0.0935. The molecule has 5 heteroatoms. The topological polar surface area (TPSA) is 69.1 Å². The molecule has 1 aromatic carbocycles. The molecule has 17 heavy (non-hydrogen) atoms. The second-order valence-corrected chi connectivity index (χ2v) is 3.68. The third-order valence-electron chi connectivity index (χ3n) is 2.47. The Morgan fingerprint density at radius 3 is 2.88 bits per heavy atom. The van der Waals surface area contributed by atoms with Crippen LogP contribution < -0.4 is 11.2 Å². The summed E-state index contributed by atoms with van der Waals surface area (Å²) in [6.45, 7) is 0. The van der Waals surface area contributed by atoms with Crippen molar-refractivity contribution in [3.05, 3.63) is 46.4 Å². The van der Waals surface area contributed by atoms with Crippen molar-refractivity contribution in [2.45, 2.75) is 0 Å². The van der Waals surface area contributed by atoms with Crippen molar-refractivity contribution in [1.82, 2.24) is 4.98 Å². The number of nitrogens with zero attached hydrogens (tertiary/aromatic N) is 1. The van der Waals surface area contributed by atoms with Gasteiger partial charge in [-0.15, -0.1) is 0 Å². The molecular weight excluding hydrogens is 223 g/mol. The summed E-state index contributed by atoms with van der Waals surface area (Å²) in [6.07, 6.45) is 0. The third kappa shape index (κ3) is 1.52. The predicted octanol–water partition coefficient (Wildman–Crippen LogP) is 2.01. The molecule has 2 aliphatic rings. The van der Waals surface area contributed by atoms with Crippen LogP contribution in [0.15, 0.2) is 39.5 Å². The molecule has 0 unspecified atom stereocenters. The van der Waals surface area contributed by atoms with E-state index >= 15 is 0 Å². The highest BCUT2D eigenvalue weighted by Gasteiger charge is 2.11. The molecule has 0 aromatic heterocycles. The van der Waals surface area contributed by atoms with Gasteiger partial charge >= 0.3 is 0 Å². The molecule has 1 aliphatic heterocycles. The number of benzene rings is 2. The Morgan fingerprint density at radius 1 is 1.24 bits per heavy atom. The van der Waals surface area contributed by atoms with Gasteiger partial charge in [-0.3, -0.25) is 4.79 Å². The summed E-state index contributed by atoms with van der Waals surface area (Å²) in [4.78, 5) is 15.5. The molecule has 0 spiro atoms. The average Bonchev–Trinajstić information content (AvgIpc) is 2.28. The van der Waals surface area contributed by atoms with Crippen LogP contribution in [-0.4, -0.2) is 4.98 Å². The highest BCUT2D eigenvalue weighted by atomic mass is 19.1. The summed E-state index contributed by atoms with van der Waals surface area (Å²) in [6, 6.07) is 6.71. The predicted molar refractivity (Wildman–Crippen MR) is 61.3 cm³/mol. The zero-order valence-electron chi connectivity index (χ0n) is 8.61. The Bertz CT molecular complexity index is 751. The van der Waals surface area contributed by atoms with E-state index in [-0.39, 0.29) is 11.1 Å². The molecule has 2 N–H and O–H groups in total. The van der Waals surface area contributed by atoms with Crippen LogP contribution in [0.4, 0.5) is 10.1 Å². The fourth-order valence-electron chi connectivity index (χ4n) is 1.65. The van der Waals surface area contributed by atoms with Gasteiger partial charge in [0.05, 0.1) is 5.69 Å². The molecule has 4 nitrogen and oxygen atoms in total. The number of nitrogen functional groups attached to an aromatic ring is 1. The summed E-state index contributed by atoms with van der Waals surface area (Å²) >= 11 is 0. The van der Waals surface area contributed by atoms with Crippen LogP contribution >= 0.6 is 0 Å². The lowest BCUT2D eigenvalue weighted by molar-refractivity contribution is 0.603. The largest absolute Gasteiger partial charge is 0.453 e. The Kier molecular flexibility index (Phi) is 1.89. The molecule has 0 saturated carbocycles. The van der Waals surface area contributed by atoms with Gasteiger partial charge < -0.3 is 10.2 Å². The maximum absolute atomic E-state index is 13.0. The van der Waals surface area contributed by atoms with E-state index in [1.54, 1.807) is 0 Å². The van der Waals surface area contributed by atoms with Gasteiger partial charge in [0.1, 0.15) is 17.0 Å². The van der Waals surface area contributed by atoms with E-state index in [9.17, 15) is 9.18 Å². The van der Waals surface area contributed by atoms with Crippen molar-refractivity contribution in [2.75, 3.05) is 5.73 Å². The Morgan fingerprint density at radius 2 is 2.06 bits per heavy atom. The third-order valence-corrected chi connectivity index (χ3v) is 2.47. The zero-order chi connectivity index (χ0) is 12.0. The van der Waals surface area contributed by atoms with Crippen LogP contribution in [0, 0.1) is 5.82 Å². The van der Waals surface area contributed by atoms with Crippen LogP contribution in [0.25, 0.3) is 22.6 Å². The van der Waals surface area contributed by atoms with Crippen molar-refractivity contribution >= 4 is 16.8 Å².